The van der Waals surface area contributed by atoms with Crippen LogP contribution in [-0.2, 0) is 0 Å². The highest BCUT2D eigenvalue weighted by Crippen LogP contribution is 2.17. The predicted molar refractivity (Wildman–Crippen MR) is 70.9 cm³/mol. The number of H-pyrrole nitrogens is 1. The molecule has 0 amide bonds. The lowest BCUT2D eigenvalue weighted by Gasteiger charge is -2.06. The number of pyridine rings is 1. The van der Waals surface area contributed by atoms with Crippen LogP contribution in [0, 0.1) is 0 Å². The molecule has 94 valence electrons. The van der Waals surface area contributed by atoms with Crippen molar-refractivity contribution in [3.8, 4) is 5.69 Å². The van der Waals surface area contributed by atoms with Gasteiger partial charge in [-0.2, -0.15) is 0 Å². The molecule has 0 unspecified atom stereocenters. The minimum absolute atomic E-state index is 0.0604. The van der Waals surface area contributed by atoms with Crippen LogP contribution in [-0.4, -0.2) is 20.6 Å². The molecule has 0 saturated carbocycles. The number of fused-ring (bicyclic) bond motifs is 1. The lowest BCUT2D eigenvalue weighted by Crippen LogP contribution is -2.17. The first-order valence-electron chi connectivity index (χ1n) is 5.70. The Morgan fingerprint density at radius 2 is 1.84 bits per heavy atom. The fraction of sp³-hybridized carbons (Fsp3) is 0. The molecule has 0 bridgehead atoms. The largest absolute Gasteiger partial charge is 0.477 e. The zero-order chi connectivity index (χ0) is 13.4. The molecule has 1 aromatic carbocycles. The quantitative estimate of drug-likeness (QED) is 0.734. The van der Waals surface area contributed by atoms with Crippen molar-refractivity contribution in [3.63, 3.8) is 0 Å². The van der Waals surface area contributed by atoms with Crippen molar-refractivity contribution >= 4 is 17.0 Å². The SMILES string of the molecule is O=C(O)c1cc2ccc(=O)n(-c3ccccc3)c2[nH]1. The molecular weight excluding hydrogens is 244 g/mol. The Hall–Kier alpha value is -2.82. The Labute approximate surface area is 107 Å². The predicted octanol–water partition coefficient (Wildman–Crippen LogP) is 2.02. The van der Waals surface area contributed by atoms with Crippen LogP contribution in [0.4, 0.5) is 0 Å². The molecule has 0 atom stereocenters. The number of hydrogen-bond acceptors (Lipinski definition) is 2. The fourth-order valence-corrected chi connectivity index (χ4v) is 2.07. The second-order valence-electron chi connectivity index (χ2n) is 4.13. The number of carboxylic acid groups (broad SMARTS) is 1. The molecule has 5 heteroatoms. The van der Waals surface area contributed by atoms with E-state index < -0.39 is 5.97 Å². The molecule has 2 N–H and O–H groups in total. The monoisotopic (exact) mass is 254 g/mol. The zero-order valence-corrected chi connectivity index (χ0v) is 9.83. The van der Waals surface area contributed by atoms with Gasteiger partial charge in [-0.15, -0.1) is 0 Å². The van der Waals surface area contributed by atoms with Crippen LogP contribution < -0.4 is 5.56 Å². The summed E-state index contributed by atoms with van der Waals surface area (Å²) in [5.74, 6) is -1.05. The van der Waals surface area contributed by atoms with Gasteiger partial charge in [0.25, 0.3) is 5.56 Å². The van der Waals surface area contributed by atoms with Crippen molar-refractivity contribution in [1.29, 1.82) is 0 Å². The summed E-state index contributed by atoms with van der Waals surface area (Å²) < 4.78 is 1.46. The number of nitrogens with zero attached hydrogens (tertiary/aromatic N) is 1. The first kappa shape index (κ1) is 11.3. The zero-order valence-electron chi connectivity index (χ0n) is 9.83. The second kappa shape index (κ2) is 4.13. The van der Waals surface area contributed by atoms with Gasteiger partial charge in [-0.25, -0.2) is 4.79 Å². The third kappa shape index (κ3) is 1.81. The number of rotatable bonds is 2. The van der Waals surface area contributed by atoms with Crippen LogP contribution in [0.1, 0.15) is 10.5 Å². The van der Waals surface area contributed by atoms with Crippen molar-refractivity contribution in [2.24, 2.45) is 0 Å². The van der Waals surface area contributed by atoms with Gasteiger partial charge in [0, 0.05) is 11.5 Å². The Morgan fingerprint density at radius 3 is 2.53 bits per heavy atom. The van der Waals surface area contributed by atoms with Crippen molar-refractivity contribution in [2.75, 3.05) is 0 Å². The smallest absolute Gasteiger partial charge is 0.352 e. The van der Waals surface area contributed by atoms with Crippen molar-refractivity contribution in [1.82, 2.24) is 9.55 Å². The van der Waals surface area contributed by atoms with Crippen LogP contribution in [0.3, 0.4) is 0 Å². The van der Waals surface area contributed by atoms with Crippen LogP contribution in [0.15, 0.2) is 53.3 Å². The maximum Gasteiger partial charge on any atom is 0.352 e. The topological polar surface area (TPSA) is 75.1 Å². The van der Waals surface area contributed by atoms with Gasteiger partial charge in [-0.3, -0.25) is 9.36 Å². The number of benzene rings is 1. The molecule has 2 aromatic heterocycles. The van der Waals surface area contributed by atoms with Crippen LogP contribution in [0.5, 0.6) is 0 Å². The lowest BCUT2D eigenvalue weighted by molar-refractivity contribution is 0.0691. The number of para-hydroxylation sites is 1. The molecule has 0 aliphatic rings. The van der Waals surface area contributed by atoms with E-state index in [-0.39, 0.29) is 11.3 Å². The maximum atomic E-state index is 12.0. The summed E-state index contributed by atoms with van der Waals surface area (Å²) in [6, 6.07) is 13.6. The van der Waals surface area contributed by atoms with E-state index in [1.165, 1.54) is 16.7 Å². The van der Waals surface area contributed by atoms with Gasteiger partial charge in [0.1, 0.15) is 11.3 Å². The van der Waals surface area contributed by atoms with Crippen molar-refractivity contribution in [3.05, 3.63) is 64.6 Å². The summed E-state index contributed by atoms with van der Waals surface area (Å²) in [7, 11) is 0. The van der Waals surface area contributed by atoms with Gasteiger partial charge in [-0.05, 0) is 24.3 Å². The molecule has 0 saturated heterocycles. The van der Waals surface area contributed by atoms with Crippen molar-refractivity contribution < 1.29 is 9.90 Å². The van der Waals surface area contributed by atoms with Gasteiger partial charge in [0.05, 0.1) is 5.69 Å². The Morgan fingerprint density at radius 1 is 1.11 bits per heavy atom. The Kier molecular flexibility index (Phi) is 2.45. The normalized spacial score (nSPS) is 10.7. The minimum atomic E-state index is -1.05. The maximum absolute atomic E-state index is 12.0. The molecule has 19 heavy (non-hydrogen) atoms. The molecule has 3 aromatic rings. The molecule has 3 rings (SSSR count). The van der Waals surface area contributed by atoms with Crippen LogP contribution >= 0.6 is 0 Å². The summed E-state index contributed by atoms with van der Waals surface area (Å²) in [6.07, 6.45) is 0. The number of nitrogens with one attached hydrogen (secondary N) is 1. The van der Waals surface area contributed by atoms with Gasteiger partial charge in [0.2, 0.25) is 0 Å². The number of aromatic nitrogens is 2. The summed E-state index contributed by atoms with van der Waals surface area (Å²) in [5.41, 5.74) is 1.02. The average Bonchev–Trinajstić information content (AvgIpc) is 2.83. The molecule has 0 aliphatic carbocycles. The standard InChI is InChI=1S/C14H10N2O3/c17-12-7-6-9-8-11(14(18)19)15-13(9)16(12)10-4-2-1-3-5-10/h1-8,15H,(H,18,19). The van der Waals surface area contributed by atoms with E-state index in [0.29, 0.717) is 16.7 Å². The highest BCUT2D eigenvalue weighted by Gasteiger charge is 2.11. The van der Waals surface area contributed by atoms with Gasteiger partial charge in [-0.1, -0.05) is 18.2 Å². The van der Waals surface area contributed by atoms with E-state index in [0.717, 1.165) is 0 Å². The first-order chi connectivity index (χ1) is 9.16. The van der Waals surface area contributed by atoms with E-state index in [1.807, 2.05) is 18.2 Å². The average molecular weight is 254 g/mol. The highest BCUT2D eigenvalue weighted by molar-refractivity contribution is 5.93. The molecule has 0 aliphatic heterocycles. The number of aromatic amines is 1. The highest BCUT2D eigenvalue weighted by atomic mass is 16.4. The molecular formula is C14H10N2O3. The van der Waals surface area contributed by atoms with Crippen LogP contribution in [0.25, 0.3) is 16.7 Å². The second-order valence-corrected chi connectivity index (χ2v) is 4.13. The summed E-state index contributed by atoms with van der Waals surface area (Å²) >= 11 is 0. The van der Waals surface area contributed by atoms with E-state index in [1.54, 1.807) is 18.2 Å². The van der Waals surface area contributed by atoms with E-state index in [2.05, 4.69) is 4.98 Å². The minimum Gasteiger partial charge on any atom is -0.477 e. The number of carbonyl (C=O) groups is 1. The fourth-order valence-electron chi connectivity index (χ4n) is 2.07. The summed E-state index contributed by atoms with van der Waals surface area (Å²) in [5, 5.41) is 9.68. The van der Waals surface area contributed by atoms with Gasteiger partial charge in [0.15, 0.2) is 0 Å². The Balaban J connectivity index is 2.37. The summed E-state index contributed by atoms with van der Waals surface area (Å²) in [6.45, 7) is 0. The van der Waals surface area contributed by atoms with E-state index >= 15 is 0 Å². The lowest BCUT2D eigenvalue weighted by atomic mass is 10.2. The molecule has 5 nitrogen and oxygen atoms in total. The van der Waals surface area contributed by atoms with Crippen molar-refractivity contribution in [2.45, 2.75) is 0 Å². The van der Waals surface area contributed by atoms with Gasteiger partial charge >= 0.3 is 5.97 Å². The summed E-state index contributed by atoms with van der Waals surface area (Å²) in [4.78, 5) is 25.8. The number of hydrogen-bond donors (Lipinski definition) is 2. The molecule has 0 fully saturated rings. The third-order valence-corrected chi connectivity index (χ3v) is 2.92. The van der Waals surface area contributed by atoms with E-state index in [9.17, 15) is 9.59 Å². The van der Waals surface area contributed by atoms with E-state index in [4.69, 9.17) is 5.11 Å². The molecule has 0 spiro atoms. The first-order valence-corrected chi connectivity index (χ1v) is 5.70. The number of aromatic carboxylic acids is 1. The Bertz CT molecular complexity index is 816. The van der Waals surface area contributed by atoms with Gasteiger partial charge < -0.3 is 10.1 Å². The number of carboxylic acids is 1. The molecule has 2 heterocycles. The van der Waals surface area contributed by atoms with Crippen LogP contribution in [0.2, 0.25) is 0 Å². The molecule has 0 radical (unpaired) electrons. The third-order valence-electron chi connectivity index (χ3n) is 2.92.